The fourth-order valence-corrected chi connectivity index (χ4v) is 4.45. The van der Waals surface area contributed by atoms with E-state index in [1.54, 1.807) is 11.5 Å². The summed E-state index contributed by atoms with van der Waals surface area (Å²) < 4.78 is 22.7. The van der Waals surface area contributed by atoms with Crippen LogP contribution in [0, 0.1) is 18.7 Å². The summed E-state index contributed by atoms with van der Waals surface area (Å²) >= 11 is 0. The number of nitrogens with two attached hydrogens (primary N) is 2. The third kappa shape index (κ3) is 3.32. The first-order valence-corrected chi connectivity index (χ1v) is 10.2. The Hall–Kier alpha value is -2.39. The summed E-state index contributed by atoms with van der Waals surface area (Å²) in [5.74, 6) is 5.39. The molecule has 158 valence electrons. The minimum atomic E-state index is -0.673. The Morgan fingerprint density at radius 1 is 1.31 bits per heavy atom. The fourth-order valence-electron chi connectivity index (χ4n) is 4.45. The summed E-state index contributed by atoms with van der Waals surface area (Å²) in [4.78, 5) is 27.2. The standard InChI is InChI=1S/C20H28FN5O3/c1-3-29-10-16(22)12-6-7-24(9-12)18-11(2)17-14(8-15(18)21)19(27)26(23)20(28)25(17)13-4-5-13/h8,12-13,16H,3-7,9-10,22-23H2,1-2H3/t12-,16-/m0/s1. The second-order valence-corrected chi connectivity index (χ2v) is 8.11. The van der Waals surface area contributed by atoms with E-state index in [2.05, 4.69) is 0 Å². The average Bonchev–Trinajstić information content (AvgIpc) is 3.42. The van der Waals surface area contributed by atoms with Crippen molar-refractivity contribution in [1.29, 1.82) is 0 Å². The molecule has 9 heteroatoms. The van der Waals surface area contributed by atoms with Crippen LogP contribution in [-0.4, -0.2) is 41.6 Å². The number of anilines is 1. The number of halogens is 1. The second kappa shape index (κ2) is 7.46. The van der Waals surface area contributed by atoms with Gasteiger partial charge in [-0.25, -0.2) is 9.18 Å². The lowest BCUT2D eigenvalue weighted by atomic mass is 10.0. The van der Waals surface area contributed by atoms with Gasteiger partial charge in [-0.05, 0) is 45.1 Å². The summed E-state index contributed by atoms with van der Waals surface area (Å²) in [5, 5.41) is 0.140. The van der Waals surface area contributed by atoms with Crippen molar-refractivity contribution < 1.29 is 9.13 Å². The number of rotatable bonds is 6. The molecule has 1 aromatic carbocycles. The third-order valence-corrected chi connectivity index (χ3v) is 6.14. The molecular formula is C20H28FN5O3. The van der Waals surface area contributed by atoms with Crippen LogP contribution in [0.1, 0.15) is 37.8 Å². The van der Waals surface area contributed by atoms with Crippen LogP contribution >= 0.6 is 0 Å². The highest BCUT2D eigenvalue weighted by Crippen LogP contribution is 2.39. The van der Waals surface area contributed by atoms with Crippen LogP contribution < -0.4 is 27.7 Å². The van der Waals surface area contributed by atoms with Gasteiger partial charge >= 0.3 is 5.69 Å². The van der Waals surface area contributed by atoms with Gasteiger partial charge in [0.1, 0.15) is 5.82 Å². The molecule has 2 aliphatic rings. The van der Waals surface area contributed by atoms with E-state index in [0.29, 0.717) is 47.7 Å². The molecule has 1 saturated carbocycles. The van der Waals surface area contributed by atoms with Gasteiger partial charge in [-0.3, -0.25) is 9.36 Å². The zero-order chi connectivity index (χ0) is 20.9. The zero-order valence-electron chi connectivity index (χ0n) is 16.9. The molecule has 1 aromatic heterocycles. The van der Waals surface area contributed by atoms with Gasteiger partial charge in [0, 0.05) is 37.3 Å². The van der Waals surface area contributed by atoms with Crippen molar-refractivity contribution in [3.8, 4) is 0 Å². The second-order valence-electron chi connectivity index (χ2n) is 8.11. The predicted molar refractivity (Wildman–Crippen MR) is 110 cm³/mol. The lowest BCUT2D eigenvalue weighted by Gasteiger charge is -2.25. The maximum absolute atomic E-state index is 15.1. The monoisotopic (exact) mass is 405 g/mol. The van der Waals surface area contributed by atoms with Crippen molar-refractivity contribution in [3.05, 3.63) is 38.3 Å². The number of nitrogens with zero attached hydrogens (tertiary/aromatic N) is 3. The minimum absolute atomic E-state index is 0.00310. The summed E-state index contributed by atoms with van der Waals surface area (Å²) in [5.41, 5.74) is 6.55. The lowest BCUT2D eigenvalue weighted by Crippen LogP contribution is -2.44. The molecule has 0 amide bonds. The van der Waals surface area contributed by atoms with Crippen LogP contribution in [0.3, 0.4) is 0 Å². The Balaban J connectivity index is 1.79. The van der Waals surface area contributed by atoms with E-state index in [1.807, 2.05) is 11.8 Å². The summed E-state index contributed by atoms with van der Waals surface area (Å²) in [6, 6.07) is 1.11. The molecule has 1 aliphatic carbocycles. The Bertz CT molecular complexity index is 1060. The highest BCUT2D eigenvalue weighted by molar-refractivity contribution is 5.87. The molecule has 29 heavy (non-hydrogen) atoms. The molecule has 1 saturated heterocycles. The lowest BCUT2D eigenvalue weighted by molar-refractivity contribution is 0.119. The number of hydrogen-bond acceptors (Lipinski definition) is 6. The average molecular weight is 405 g/mol. The Morgan fingerprint density at radius 3 is 2.69 bits per heavy atom. The van der Waals surface area contributed by atoms with Crippen molar-refractivity contribution >= 4 is 16.6 Å². The minimum Gasteiger partial charge on any atom is -0.380 e. The number of benzene rings is 1. The molecule has 2 aromatic rings. The van der Waals surface area contributed by atoms with Gasteiger partial charge < -0.3 is 21.2 Å². The molecule has 4 N–H and O–H groups in total. The molecule has 0 radical (unpaired) electrons. The van der Waals surface area contributed by atoms with Crippen LogP contribution in [-0.2, 0) is 4.74 Å². The number of hydrogen-bond donors (Lipinski definition) is 2. The number of ether oxygens (including phenoxy) is 1. The van der Waals surface area contributed by atoms with Gasteiger partial charge in [-0.15, -0.1) is 0 Å². The van der Waals surface area contributed by atoms with E-state index < -0.39 is 17.1 Å². The van der Waals surface area contributed by atoms with Crippen molar-refractivity contribution in [1.82, 2.24) is 9.24 Å². The maximum atomic E-state index is 15.1. The van der Waals surface area contributed by atoms with Crippen LogP contribution in [0.5, 0.6) is 0 Å². The number of aryl methyl sites for hydroxylation is 1. The van der Waals surface area contributed by atoms with Crippen molar-refractivity contribution in [3.63, 3.8) is 0 Å². The molecule has 1 aliphatic heterocycles. The molecule has 2 heterocycles. The molecule has 0 bridgehead atoms. The number of aromatic nitrogens is 2. The smallest absolute Gasteiger partial charge is 0.350 e. The molecule has 0 unspecified atom stereocenters. The molecular weight excluding hydrogens is 377 g/mol. The topological polar surface area (TPSA) is 109 Å². The van der Waals surface area contributed by atoms with Gasteiger partial charge in [0.05, 0.1) is 23.2 Å². The van der Waals surface area contributed by atoms with E-state index in [1.165, 1.54) is 6.07 Å². The quantitative estimate of drug-likeness (QED) is 0.690. The predicted octanol–water partition coefficient (Wildman–Crippen LogP) is 0.850. The van der Waals surface area contributed by atoms with Crippen molar-refractivity contribution in [2.24, 2.45) is 11.7 Å². The normalized spacial score (nSPS) is 20.6. The van der Waals surface area contributed by atoms with Crippen LogP contribution in [0.4, 0.5) is 10.1 Å². The van der Waals surface area contributed by atoms with Crippen molar-refractivity contribution in [2.45, 2.75) is 45.2 Å². The van der Waals surface area contributed by atoms with Crippen LogP contribution in [0.15, 0.2) is 15.7 Å². The molecule has 2 fully saturated rings. The van der Waals surface area contributed by atoms with Crippen LogP contribution in [0.2, 0.25) is 0 Å². The highest BCUT2D eigenvalue weighted by atomic mass is 19.1. The van der Waals surface area contributed by atoms with Crippen molar-refractivity contribution in [2.75, 3.05) is 37.0 Å². The van der Waals surface area contributed by atoms with Gasteiger partial charge in [0.25, 0.3) is 5.56 Å². The Kier molecular flexibility index (Phi) is 5.12. The first kappa shape index (κ1) is 19.9. The third-order valence-electron chi connectivity index (χ3n) is 6.14. The van der Waals surface area contributed by atoms with Crippen LogP contribution in [0.25, 0.3) is 10.9 Å². The summed E-state index contributed by atoms with van der Waals surface area (Å²) in [7, 11) is 0. The van der Waals surface area contributed by atoms with Gasteiger partial charge in [-0.2, -0.15) is 4.68 Å². The van der Waals surface area contributed by atoms with Gasteiger partial charge in [0.15, 0.2) is 0 Å². The molecule has 4 rings (SSSR count). The molecule has 8 nitrogen and oxygen atoms in total. The zero-order valence-corrected chi connectivity index (χ0v) is 16.9. The van der Waals surface area contributed by atoms with Gasteiger partial charge in [-0.1, -0.05) is 0 Å². The Labute approximate surface area is 167 Å². The largest absolute Gasteiger partial charge is 0.380 e. The van der Waals surface area contributed by atoms with E-state index in [0.717, 1.165) is 19.3 Å². The SMILES string of the molecule is CCOC[C@H](N)[C@H]1CCN(c2c(F)cc3c(=O)n(N)c(=O)n(C4CC4)c3c2C)C1. The molecule has 2 atom stereocenters. The van der Waals surface area contributed by atoms with E-state index in [9.17, 15) is 9.59 Å². The first-order chi connectivity index (χ1) is 13.8. The number of fused-ring (bicyclic) bond motifs is 1. The fraction of sp³-hybridized carbons (Fsp3) is 0.600. The van der Waals surface area contributed by atoms with E-state index in [-0.39, 0.29) is 23.4 Å². The van der Waals surface area contributed by atoms with E-state index in [4.69, 9.17) is 16.3 Å². The van der Waals surface area contributed by atoms with E-state index >= 15 is 4.39 Å². The van der Waals surface area contributed by atoms with Gasteiger partial charge in [0.2, 0.25) is 0 Å². The first-order valence-electron chi connectivity index (χ1n) is 10.2. The Morgan fingerprint density at radius 2 is 2.03 bits per heavy atom. The summed E-state index contributed by atoms with van der Waals surface area (Å²) in [6.45, 7) is 6.06. The highest BCUT2D eigenvalue weighted by Gasteiger charge is 2.33. The maximum Gasteiger partial charge on any atom is 0.350 e. The molecule has 0 spiro atoms. The number of nitrogen functional groups attached to an aromatic ring is 1. The summed E-state index contributed by atoms with van der Waals surface area (Å²) in [6.07, 6.45) is 2.53.